The second-order valence-corrected chi connectivity index (χ2v) is 5.58. The number of nitrogens with zero attached hydrogens (tertiary/aromatic N) is 1. The number of piperazine rings is 1. The van der Waals surface area contributed by atoms with Crippen LogP contribution in [0.1, 0.15) is 53.9 Å². The standard InChI is InChI=1S/C11H22N2.C2H6/c1-10(2,3)13-8-7-12-9-11(13)5-4-6-11;1-2/h12H,4-9H2,1-3H3;1-2H3. The van der Waals surface area contributed by atoms with E-state index < -0.39 is 0 Å². The van der Waals surface area contributed by atoms with E-state index in [0.29, 0.717) is 11.1 Å². The Morgan fingerprint density at radius 1 is 1.13 bits per heavy atom. The summed E-state index contributed by atoms with van der Waals surface area (Å²) in [6, 6.07) is 0. The van der Waals surface area contributed by atoms with Gasteiger partial charge in [-0.2, -0.15) is 0 Å². The first kappa shape index (κ1) is 13.0. The zero-order chi connectivity index (χ0) is 11.5. The van der Waals surface area contributed by atoms with Crippen LogP contribution < -0.4 is 5.32 Å². The molecule has 90 valence electrons. The number of hydrogen-bond donors (Lipinski definition) is 1. The first-order valence-corrected chi connectivity index (χ1v) is 6.53. The minimum absolute atomic E-state index is 0.350. The van der Waals surface area contributed by atoms with E-state index >= 15 is 0 Å². The maximum atomic E-state index is 3.54. The van der Waals surface area contributed by atoms with Gasteiger partial charge in [-0.05, 0) is 40.0 Å². The third-order valence-electron chi connectivity index (χ3n) is 3.63. The summed E-state index contributed by atoms with van der Waals surface area (Å²) in [7, 11) is 0. The lowest BCUT2D eigenvalue weighted by Crippen LogP contribution is -2.69. The van der Waals surface area contributed by atoms with Gasteiger partial charge in [0.15, 0.2) is 0 Å². The van der Waals surface area contributed by atoms with Crippen molar-refractivity contribution in [2.45, 2.75) is 65.0 Å². The molecule has 1 N–H and O–H groups in total. The average Bonchev–Trinajstić information content (AvgIpc) is 2.17. The highest BCUT2D eigenvalue weighted by molar-refractivity contribution is 5.05. The van der Waals surface area contributed by atoms with Crippen LogP contribution in [0.4, 0.5) is 0 Å². The predicted octanol–water partition coefficient (Wildman–Crippen LogP) is 2.64. The third-order valence-corrected chi connectivity index (χ3v) is 3.63. The summed E-state index contributed by atoms with van der Waals surface area (Å²) >= 11 is 0. The van der Waals surface area contributed by atoms with Crippen molar-refractivity contribution in [1.82, 2.24) is 10.2 Å². The van der Waals surface area contributed by atoms with Gasteiger partial charge >= 0.3 is 0 Å². The molecule has 1 spiro atoms. The van der Waals surface area contributed by atoms with Crippen LogP contribution in [-0.4, -0.2) is 35.6 Å². The number of hydrogen-bond acceptors (Lipinski definition) is 2. The molecule has 1 aliphatic carbocycles. The molecule has 1 heterocycles. The molecular weight excluding hydrogens is 184 g/mol. The van der Waals surface area contributed by atoms with E-state index in [1.54, 1.807) is 0 Å². The lowest BCUT2D eigenvalue weighted by molar-refractivity contribution is -0.0619. The molecule has 0 radical (unpaired) electrons. The van der Waals surface area contributed by atoms with Crippen LogP contribution >= 0.6 is 0 Å². The van der Waals surface area contributed by atoms with Gasteiger partial charge in [0, 0.05) is 30.7 Å². The summed E-state index contributed by atoms with van der Waals surface area (Å²) in [6.07, 6.45) is 4.22. The fraction of sp³-hybridized carbons (Fsp3) is 1.00. The van der Waals surface area contributed by atoms with Crippen molar-refractivity contribution in [2.24, 2.45) is 0 Å². The molecule has 2 heteroatoms. The van der Waals surface area contributed by atoms with Crippen molar-refractivity contribution in [3.8, 4) is 0 Å². The Balaban J connectivity index is 0.000000531. The lowest BCUT2D eigenvalue weighted by atomic mass is 9.72. The zero-order valence-corrected chi connectivity index (χ0v) is 11.2. The Morgan fingerprint density at radius 3 is 2.07 bits per heavy atom. The molecule has 1 aliphatic heterocycles. The normalized spacial score (nSPS) is 25.4. The Kier molecular flexibility index (Phi) is 4.19. The smallest absolute Gasteiger partial charge is 0.0339 e. The second kappa shape index (κ2) is 4.84. The van der Waals surface area contributed by atoms with Crippen LogP contribution in [0.15, 0.2) is 0 Å². The quantitative estimate of drug-likeness (QED) is 0.664. The Morgan fingerprint density at radius 2 is 1.73 bits per heavy atom. The minimum atomic E-state index is 0.350. The molecule has 1 saturated heterocycles. The molecular formula is C13H28N2. The van der Waals surface area contributed by atoms with Gasteiger partial charge in [-0.15, -0.1) is 0 Å². The van der Waals surface area contributed by atoms with E-state index in [4.69, 9.17) is 0 Å². The van der Waals surface area contributed by atoms with Gasteiger partial charge in [0.25, 0.3) is 0 Å². The highest BCUT2D eigenvalue weighted by Gasteiger charge is 2.47. The summed E-state index contributed by atoms with van der Waals surface area (Å²) in [4.78, 5) is 2.72. The molecule has 0 aromatic heterocycles. The summed E-state index contributed by atoms with van der Waals surface area (Å²) in [5, 5.41) is 3.54. The molecule has 2 aliphatic rings. The fourth-order valence-corrected chi connectivity index (χ4v) is 2.92. The zero-order valence-electron chi connectivity index (χ0n) is 11.2. The van der Waals surface area contributed by atoms with Gasteiger partial charge < -0.3 is 5.32 Å². The van der Waals surface area contributed by atoms with E-state index in [2.05, 4.69) is 31.0 Å². The Bertz CT molecular complexity index is 189. The van der Waals surface area contributed by atoms with Crippen molar-refractivity contribution >= 4 is 0 Å². The summed E-state index contributed by atoms with van der Waals surface area (Å²) < 4.78 is 0. The fourth-order valence-electron chi connectivity index (χ4n) is 2.92. The van der Waals surface area contributed by atoms with Gasteiger partial charge in [0.05, 0.1) is 0 Å². The molecule has 0 amide bonds. The monoisotopic (exact) mass is 212 g/mol. The molecule has 2 nitrogen and oxygen atoms in total. The lowest BCUT2D eigenvalue weighted by Gasteiger charge is -2.58. The summed E-state index contributed by atoms with van der Waals surface area (Å²) in [5.74, 6) is 0. The Hall–Kier alpha value is -0.0800. The highest BCUT2D eigenvalue weighted by Crippen LogP contribution is 2.41. The van der Waals surface area contributed by atoms with Gasteiger partial charge in [0.1, 0.15) is 0 Å². The van der Waals surface area contributed by atoms with Crippen LogP contribution in [0.3, 0.4) is 0 Å². The molecule has 2 fully saturated rings. The molecule has 0 aromatic rings. The average molecular weight is 212 g/mol. The topological polar surface area (TPSA) is 15.3 Å². The summed E-state index contributed by atoms with van der Waals surface area (Å²) in [5.41, 5.74) is 0.874. The van der Waals surface area contributed by atoms with E-state index in [1.165, 1.54) is 38.9 Å². The third kappa shape index (κ3) is 2.54. The number of nitrogens with one attached hydrogen (secondary N) is 1. The second-order valence-electron chi connectivity index (χ2n) is 5.58. The first-order valence-electron chi connectivity index (χ1n) is 6.53. The van der Waals surface area contributed by atoms with Crippen LogP contribution in [0.2, 0.25) is 0 Å². The van der Waals surface area contributed by atoms with Gasteiger partial charge in [-0.25, -0.2) is 0 Å². The molecule has 0 bridgehead atoms. The predicted molar refractivity (Wildman–Crippen MR) is 67.3 cm³/mol. The van der Waals surface area contributed by atoms with Crippen molar-refractivity contribution < 1.29 is 0 Å². The van der Waals surface area contributed by atoms with E-state index in [-0.39, 0.29) is 0 Å². The summed E-state index contributed by atoms with van der Waals surface area (Å²) in [6.45, 7) is 14.6. The van der Waals surface area contributed by atoms with Gasteiger partial charge in [-0.3, -0.25) is 4.90 Å². The van der Waals surface area contributed by atoms with Gasteiger partial charge in [0.2, 0.25) is 0 Å². The van der Waals surface area contributed by atoms with E-state index in [9.17, 15) is 0 Å². The SMILES string of the molecule is CC.CC(C)(C)N1CCNCC12CCC2. The van der Waals surface area contributed by atoms with Gasteiger partial charge in [-0.1, -0.05) is 13.8 Å². The Labute approximate surface area is 95.4 Å². The minimum Gasteiger partial charge on any atom is -0.314 e. The van der Waals surface area contributed by atoms with Crippen molar-refractivity contribution in [1.29, 1.82) is 0 Å². The van der Waals surface area contributed by atoms with Crippen molar-refractivity contribution in [3.05, 3.63) is 0 Å². The highest BCUT2D eigenvalue weighted by atomic mass is 15.3. The van der Waals surface area contributed by atoms with Crippen LogP contribution in [-0.2, 0) is 0 Å². The molecule has 15 heavy (non-hydrogen) atoms. The maximum absolute atomic E-state index is 3.54. The molecule has 0 unspecified atom stereocenters. The maximum Gasteiger partial charge on any atom is 0.0339 e. The molecule has 0 aromatic carbocycles. The number of rotatable bonds is 0. The van der Waals surface area contributed by atoms with E-state index in [1.807, 2.05) is 13.8 Å². The van der Waals surface area contributed by atoms with Crippen LogP contribution in [0.5, 0.6) is 0 Å². The molecule has 2 rings (SSSR count). The largest absolute Gasteiger partial charge is 0.314 e. The van der Waals surface area contributed by atoms with Crippen LogP contribution in [0.25, 0.3) is 0 Å². The van der Waals surface area contributed by atoms with E-state index in [0.717, 1.165) is 0 Å². The first-order chi connectivity index (χ1) is 7.05. The van der Waals surface area contributed by atoms with Crippen LogP contribution in [0, 0.1) is 0 Å². The van der Waals surface area contributed by atoms with Crippen molar-refractivity contribution in [3.63, 3.8) is 0 Å². The molecule has 1 saturated carbocycles. The molecule has 0 atom stereocenters. The van der Waals surface area contributed by atoms with Crippen molar-refractivity contribution in [2.75, 3.05) is 19.6 Å².